The van der Waals surface area contributed by atoms with Gasteiger partial charge in [0.25, 0.3) is 0 Å². The summed E-state index contributed by atoms with van der Waals surface area (Å²) in [6, 6.07) is 12.5. The van der Waals surface area contributed by atoms with Crippen molar-refractivity contribution in [2.24, 2.45) is 0 Å². The van der Waals surface area contributed by atoms with Crippen molar-refractivity contribution in [3.8, 4) is 23.0 Å². The van der Waals surface area contributed by atoms with Gasteiger partial charge in [0.2, 0.25) is 0 Å². The zero-order chi connectivity index (χ0) is 63.6. The molecule has 24 nitrogen and oxygen atoms in total. The van der Waals surface area contributed by atoms with Gasteiger partial charge in [0.15, 0.2) is 21.0 Å². The Morgan fingerprint density at radius 1 is 0.511 bits per heavy atom. The van der Waals surface area contributed by atoms with Crippen molar-refractivity contribution in [2.45, 2.75) is 58.8 Å². The lowest BCUT2D eigenvalue weighted by molar-refractivity contribution is -0.137. The molecule has 0 fully saturated rings. The number of rotatable bonds is 7. The number of likely N-dealkylation sites (N-methyl/N-ethyl adjacent to an activating group) is 4. The smallest absolute Gasteiger partial charge is 0.345 e. The van der Waals surface area contributed by atoms with Crippen molar-refractivity contribution in [1.29, 1.82) is 0 Å². The zero-order valence-corrected chi connectivity index (χ0v) is 50.0. The van der Waals surface area contributed by atoms with Gasteiger partial charge in [-0.05, 0) is 144 Å². The minimum absolute atomic E-state index is 0.0502. The van der Waals surface area contributed by atoms with Crippen LogP contribution >= 0.6 is 0 Å². The molecule has 8 aromatic rings. The number of sulfone groups is 1. The summed E-state index contributed by atoms with van der Waals surface area (Å²) in [6.45, 7) is 7.31. The molecule has 5 N–H and O–H groups in total. The van der Waals surface area contributed by atoms with E-state index in [1.165, 1.54) is 43.5 Å². The maximum atomic E-state index is 12.3. The topological polar surface area (TPSA) is 339 Å². The lowest BCUT2D eigenvalue weighted by Crippen LogP contribution is -2.31. The molecule has 462 valence electrons. The van der Waals surface area contributed by atoms with Crippen LogP contribution in [0.1, 0.15) is 83.3 Å². The molecule has 0 aliphatic carbocycles. The van der Waals surface area contributed by atoms with Gasteiger partial charge in [-0.1, -0.05) is 0 Å². The van der Waals surface area contributed by atoms with Gasteiger partial charge < -0.3 is 72.3 Å². The Morgan fingerprint density at radius 2 is 0.841 bits per heavy atom. The highest BCUT2D eigenvalue weighted by atomic mass is 32.2. The predicted molar refractivity (Wildman–Crippen MR) is 325 cm³/mol. The van der Waals surface area contributed by atoms with Crippen LogP contribution in [0.4, 0.5) is 0 Å². The van der Waals surface area contributed by atoms with E-state index in [9.17, 15) is 67.5 Å². The van der Waals surface area contributed by atoms with Crippen molar-refractivity contribution in [1.82, 2.24) is 19.6 Å². The molecule has 0 atom stereocenters. The van der Waals surface area contributed by atoms with Gasteiger partial charge in [0, 0.05) is 91.6 Å². The van der Waals surface area contributed by atoms with E-state index in [1.54, 1.807) is 37.3 Å². The van der Waals surface area contributed by atoms with Crippen molar-refractivity contribution >= 4 is 83.8 Å². The van der Waals surface area contributed by atoms with Crippen LogP contribution in [0.2, 0.25) is 0 Å². The minimum atomic E-state index is -3.36. The van der Waals surface area contributed by atoms with Crippen molar-refractivity contribution < 1.29 is 75.5 Å². The molecule has 0 bridgehead atoms. The summed E-state index contributed by atoms with van der Waals surface area (Å²) in [5.74, 6) is -3.41. The van der Waals surface area contributed by atoms with Crippen LogP contribution in [0.5, 0.6) is 23.0 Å². The minimum Gasteiger partial charge on any atom is -0.507 e. The van der Waals surface area contributed by atoms with Gasteiger partial charge in [-0.25, -0.2) is 42.0 Å². The van der Waals surface area contributed by atoms with Crippen molar-refractivity contribution in [3.63, 3.8) is 0 Å². The first kappa shape index (κ1) is 63.1. The molecule has 4 aliphatic heterocycles. The summed E-state index contributed by atoms with van der Waals surface area (Å²) >= 11 is 0. The van der Waals surface area contributed by atoms with Crippen molar-refractivity contribution in [3.05, 3.63) is 168 Å². The highest BCUT2D eigenvalue weighted by Crippen LogP contribution is 2.36. The number of carboxylic acid groups (broad SMARTS) is 1. The van der Waals surface area contributed by atoms with Gasteiger partial charge in [0.05, 0.1) is 47.1 Å². The fraction of sp³-hybridized carbons (Fsp3) is 0.317. The maximum Gasteiger partial charge on any atom is 0.345 e. The lowest BCUT2D eigenvalue weighted by Gasteiger charge is -2.24. The first-order chi connectivity index (χ1) is 41.8. The third-order valence-corrected chi connectivity index (χ3v) is 16.2. The Balaban J connectivity index is 0.000000140. The number of methoxy groups -OCH3 is 1. The third kappa shape index (κ3) is 13.1. The van der Waals surface area contributed by atoms with E-state index in [2.05, 4.69) is 9.64 Å². The summed E-state index contributed by atoms with van der Waals surface area (Å²) < 4.78 is 53.5. The number of hydrogen-bond acceptors (Lipinski definition) is 23. The average Bonchev–Trinajstić information content (AvgIpc) is 0.868. The fourth-order valence-corrected chi connectivity index (χ4v) is 11.6. The Kier molecular flexibility index (Phi) is 18.6. The van der Waals surface area contributed by atoms with Crippen LogP contribution in [-0.2, 0) is 76.0 Å². The molecule has 0 unspecified atom stereocenters. The summed E-state index contributed by atoms with van der Waals surface area (Å²) in [7, 11) is 5.59. The van der Waals surface area contributed by atoms with Gasteiger partial charge in [-0.15, -0.1) is 0 Å². The predicted octanol–water partition coefficient (Wildman–Crippen LogP) is 6.02. The van der Waals surface area contributed by atoms with E-state index in [4.69, 9.17) is 22.4 Å². The second kappa shape index (κ2) is 25.9. The fourth-order valence-electron chi connectivity index (χ4n) is 11.2. The number of carbonyl (C=O) groups excluding carboxylic acids is 2. The Bertz CT molecular complexity index is 4580. The molecule has 0 amide bonds. The number of aromatic carboxylic acids is 1. The molecule has 12 rings (SSSR count). The van der Waals surface area contributed by atoms with Gasteiger partial charge in [-0.2, -0.15) is 0 Å². The molecule has 88 heavy (non-hydrogen) atoms. The highest BCUT2D eigenvalue weighted by molar-refractivity contribution is 7.93. The number of carbonyl (C=O) groups is 3. The standard InChI is InChI=1S/C18H19NO5.C16H17NO5S.C15H15NO5.C14H13NO5/c1-3-23-16(21)7-5-13-15(20)6-4-12-11-8-9-19(2)10-14(11)18(22)24-17(12)13;1-17-7-5-10-11-3-4-14(18)12(6-8-23(2,20)21)15(11)22-16(19)13(10)9-17;1-16-6-5-8-9-3-4-11(17)12(15(19)20-2)13(9)21-14(18)10(8)7-16;1-15-5-4-7-8-2-3-10(16)11(13(17)18)12(8)20-14(19)9(7)6-15/h4-7,20H,3,8-10H2,1-2H3;3-4,6,8,18H,5,7,9H2,1-2H3;3-4,17H,5-7H2,1-2H3;2-3,16H,4-6H2,1H3,(H,17,18)/b7-5+;8-6+;;. The number of esters is 2. The van der Waals surface area contributed by atoms with Crippen LogP contribution in [0.25, 0.3) is 56.0 Å². The number of phenolic OH excluding ortho intramolecular Hbond substituents is 3. The van der Waals surface area contributed by atoms with Gasteiger partial charge in [-0.3, -0.25) is 0 Å². The largest absolute Gasteiger partial charge is 0.507 e. The number of ether oxygens (including phenoxy) is 2. The monoisotopic (exact) mass is 1230 g/mol. The Morgan fingerprint density at radius 3 is 1.19 bits per heavy atom. The number of carboxylic acids is 1. The van der Waals surface area contributed by atoms with Crippen LogP contribution in [-0.4, -0.2) is 146 Å². The summed E-state index contributed by atoms with van der Waals surface area (Å²) in [5.41, 5.74) is 4.74. The van der Waals surface area contributed by atoms with Crippen molar-refractivity contribution in [2.75, 3.05) is 74.3 Å². The van der Waals surface area contributed by atoms with Crippen LogP contribution < -0.4 is 22.5 Å². The van der Waals surface area contributed by atoms with E-state index in [1.807, 2.05) is 42.9 Å². The molecule has 4 aromatic heterocycles. The molecule has 4 aliphatic rings. The number of phenols is 4. The summed E-state index contributed by atoms with van der Waals surface area (Å²) in [5, 5.41) is 52.6. The zero-order valence-electron chi connectivity index (χ0n) is 49.2. The molecule has 0 saturated heterocycles. The second-order valence-electron chi connectivity index (χ2n) is 21.8. The molecule has 0 radical (unpaired) electrons. The van der Waals surface area contributed by atoms with Crippen LogP contribution in [0.15, 0.2) is 96.9 Å². The number of fused-ring (bicyclic) bond motifs is 12. The molecular weight excluding hydrogens is 1160 g/mol. The van der Waals surface area contributed by atoms with E-state index in [0.29, 0.717) is 89.6 Å². The number of aromatic hydroxyl groups is 4. The molecule has 0 saturated carbocycles. The van der Waals surface area contributed by atoms with E-state index < -0.39 is 56.0 Å². The van der Waals surface area contributed by atoms with Crippen LogP contribution in [0.3, 0.4) is 0 Å². The van der Waals surface area contributed by atoms with E-state index >= 15 is 0 Å². The third-order valence-electron chi connectivity index (χ3n) is 15.6. The first-order valence-electron chi connectivity index (χ1n) is 27.8. The molecule has 0 spiro atoms. The number of nitrogens with zero attached hydrogens (tertiary/aromatic N) is 4. The van der Waals surface area contributed by atoms with Gasteiger partial charge >= 0.3 is 40.4 Å². The number of hydrogen-bond donors (Lipinski definition) is 5. The summed E-state index contributed by atoms with van der Waals surface area (Å²) in [6.07, 6.45) is 7.73. The quantitative estimate of drug-likeness (QED) is 0.0691. The Hall–Kier alpha value is -9.40. The highest BCUT2D eigenvalue weighted by Gasteiger charge is 2.29. The molecular formula is C63H64N4O20S. The maximum absolute atomic E-state index is 12.3. The molecule has 25 heteroatoms. The SMILES string of the molecule is CCOC(=O)/C=C/c1c(O)ccc2c3c(c(=O)oc12)CN(C)CC3.CN1CCc2c(c(=O)oc3c(/C=C/S(C)(=O)=O)c(O)ccc23)C1.CN1CCc2c(c(=O)oc3c(C(=O)O)c(O)ccc23)C1.COC(=O)c1c(O)ccc2c3c(c(=O)oc12)CN(C)CC3. The normalized spacial score (nSPS) is 15.3. The Labute approximate surface area is 501 Å². The number of benzene rings is 4. The first-order valence-corrected chi connectivity index (χ1v) is 29.7. The van der Waals surface area contributed by atoms with E-state index in [-0.39, 0.29) is 57.3 Å². The van der Waals surface area contributed by atoms with Crippen LogP contribution in [0, 0.1) is 0 Å². The summed E-state index contributed by atoms with van der Waals surface area (Å²) in [4.78, 5) is 91.5. The molecule has 8 heterocycles. The van der Waals surface area contributed by atoms with E-state index in [0.717, 1.165) is 77.3 Å². The lowest BCUT2D eigenvalue weighted by atomic mass is 9.96. The van der Waals surface area contributed by atoms with Gasteiger partial charge in [0.1, 0.15) is 45.3 Å². The molecule has 4 aromatic carbocycles. The average molecular weight is 1230 g/mol. The second-order valence-corrected chi connectivity index (χ2v) is 23.7.